The molecule has 0 unspecified atom stereocenters. The number of hydrogen-bond acceptors (Lipinski definition) is 3. The summed E-state index contributed by atoms with van der Waals surface area (Å²) in [5.41, 5.74) is 7.62. The number of piperidine rings is 1. The summed E-state index contributed by atoms with van der Waals surface area (Å²) in [6.07, 6.45) is 3.00. The summed E-state index contributed by atoms with van der Waals surface area (Å²) in [7, 11) is 0. The number of carbonyl (C=O) groups excluding carboxylic acids is 1. The van der Waals surface area contributed by atoms with Gasteiger partial charge in [-0.15, -0.1) is 0 Å². The molecule has 2 N–H and O–H groups in total. The summed E-state index contributed by atoms with van der Waals surface area (Å²) in [6.45, 7) is 9.48. The second kappa shape index (κ2) is 7.93. The minimum absolute atomic E-state index is 0.112. The molecule has 1 saturated heterocycles. The monoisotopic (exact) mass is 318 g/mol. The summed E-state index contributed by atoms with van der Waals surface area (Å²) in [6, 6.07) is 8.03. The van der Waals surface area contributed by atoms with Crippen molar-refractivity contribution >= 4 is 5.91 Å². The number of hydrogen-bond donors (Lipinski definition) is 1. The van der Waals surface area contributed by atoms with Crippen molar-refractivity contribution < 1.29 is 9.53 Å². The van der Waals surface area contributed by atoms with Gasteiger partial charge in [-0.3, -0.25) is 4.79 Å². The molecule has 1 aliphatic rings. The van der Waals surface area contributed by atoms with Gasteiger partial charge in [-0.05, 0) is 48.9 Å². The van der Waals surface area contributed by atoms with Crippen molar-refractivity contribution in [2.45, 2.75) is 51.6 Å². The van der Waals surface area contributed by atoms with E-state index in [0.29, 0.717) is 6.54 Å². The molecule has 1 aromatic rings. The quantitative estimate of drug-likeness (QED) is 0.849. The highest BCUT2D eigenvalue weighted by Crippen LogP contribution is 2.23. The van der Waals surface area contributed by atoms with Crippen LogP contribution in [0.5, 0.6) is 0 Å². The lowest BCUT2D eigenvalue weighted by Crippen LogP contribution is -2.41. The van der Waals surface area contributed by atoms with Gasteiger partial charge in [0.15, 0.2) is 0 Å². The lowest BCUT2D eigenvalue weighted by molar-refractivity contribution is 0.00844. The summed E-state index contributed by atoms with van der Waals surface area (Å²) in [4.78, 5) is 14.5. The van der Waals surface area contributed by atoms with Crippen LogP contribution in [0.4, 0.5) is 0 Å². The van der Waals surface area contributed by atoms with Gasteiger partial charge in [0.1, 0.15) is 0 Å². The molecular weight excluding hydrogens is 288 g/mol. The zero-order valence-corrected chi connectivity index (χ0v) is 14.7. The number of rotatable bonds is 5. The van der Waals surface area contributed by atoms with Gasteiger partial charge in [0, 0.05) is 25.3 Å². The van der Waals surface area contributed by atoms with Gasteiger partial charge in [-0.1, -0.05) is 32.9 Å². The average molecular weight is 318 g/mol. The molecular formula is C19H30N2O2. The van der Waals surface area contributed by atoms with Crippen LogP contribution in [-0.2, 0) is 10.2 Å². The highest BCUT2D eigenvalue weighted by Gasteiger charge is 2.24. The first-order valence-corrected chi connectivity index (χ1v) is 8.63. The second-order valence-corrected chi connectivity index (χ2v) is 7.33. The number of amides is 1. The molecule has 0 radical (unpaired) electrons. The highest BCUT2D eigenvalue weighted by atomic mass is 16.5. The number of ether oxygens (including phenoxy) is 1. The van der Waals surface area contributed by atoms with E-state index in [9.17, 15) is 4.79 Å². The minimum atomic E-state index is 0.112. The van der Waals surface area contributed by atoms with Crippen molar-refractivity contribution in [1.29, 1.82) is 0 Å². The van der Waals surface area contributed by atoms with Crippen LogP contribution >= 0.6 is 0 Å². The molecule has 0 saturated carbocycles. The maximum atomic E-state index is 12.6. The third kappa shape index (κ3) is 5.05. The third-order valence-electron chi connectivity index (χ3n) is 4.43. The molecule has 23 heavy (non-hydrogen) atoms. The second-order valence-electron chi connectivity index (χ2n) is 7.33. The van der Waals surface area contributed by atoms with Crippen molar-refractivity contribution in [1.82, 2.24) is 4.90 Å². The third-order valence-corrected chi connectivity index (χ3v) is 4.43. The van der Waals surface area contributed by atoms with Gasteiger partial charge in [0.2, 0.25) is 0 Å². The van der Waals surface area contributed by atoms with Crippen molar-refractivity contribution in [2.24, 2.45) is 5.73 Å². The Balaban J connectivity index is 1.87. The summed E-state index contributed by atoms with van der Waals surface area (Å²) in [5, 5.41) is 0. The Bertz CT molecular complexity index is 497. The first-order chi connectivity index (χ1) is 10.9. The molecule has 0 aliphatic carbocycles. The van der Waals surface area contributed by atoms with Crippen LogP contribution in [0.15, 0.2) is 24.3 Å². The number of benzene rings is 1. The summed E-state index contributed by atoms with van der Waals surface area (Å²) >= 11 is 0. The van der Waals surface area contributed by atoms with Crippen LogP contribution in [0.25, 0.3) is 0 Å². The molecule has 4 heteroatoms. The Morgan fingerprint density at radius 1 is 1.22 bits per heavy atom. The maximum Gasteiger partial charge on any atom is 0.253 e. The van der Waals surface area contributed by atoms with E-state index in [1.165, 1.54) is 5.56 Å². The van der Waals surface area contributed by atoms with E-state index in [-0.39, 0.29) is 17.4 Å². The molecule has 2 rings (SSSR count). The molecule has 0 spiro atoms. The first kappa shape index (κ1) is 18.0. The number of likely N-dealkylation sites (tertiary alicyclic amines) is 1. The van der Waals surface area contributed by atoms with Gasteiger partial charge >= 0.3 is 0 Å². The van der Waals surface area contributed by atoms with Gasteiger partial charge in [-0.2, -0.15) is 0 Å². The standard InChI is InChI=1S/C19H30N2O2/c1-19(2,3)16-7-5-15(6-8-16)18(22)21-12-9-17(10-13-21)23-14-4-11-20/h5-8,17H,4,9-14,20H2,1-3H3. The predicted molar refractivity (Wildman–Crippen MR) is 93.7 cm³/mol. The lowest BCUT2D eigenvalue weighted by atomic mass is 9.86. The van der Waals surface area contributed by atoms with Crippen LogP contribution in [0.1, 0.15) is 56.0 Å². The fourth-order valence-electron chi connectivity index (χ4n) is 2.85. The zero-order chi connectivity index (χ0) is 16.9. The Morgan fingerprint density at radius 3 is 2.35 bits per heavy atom. The van der Waals surface area contributed by atoms with Gasteiger partial charge in [-0.25, -0.2) is 0 Å². The number of nitrogens with two attached hydrogens (primary N) is 1. The van der Waals surface area contributed by atoms with Crippen molar-refractivity contribution in [2.75, 3.05) is 26.2 Å². The van der Waals surface area contributed by atoms with Gasteiger partial charge in [0.25, 0.3) is 5.91 Å². The van der Waals surface area contributed by atoms with E-state index in [1.54, 1.807) is 0 Å². The molecule has 128 valence electrons. The van der Waals surface area contributed by atoms with Crippen LogP contribution < -0.4 is 5.73 Å². The largest absolute Gasteiger partial charge is 0.378 e. The Hall–Kier alpha value is -1.39. The zero-order valence-electron chi connectivity index (χ0n) is 14.7. The van der Waals surface area contributed by atoms with E-state index >= 15 is 0 Å². The molecule has 1 aromatic carbocycles. The predicted octanol–water partition coefficient (Wildman–Crippen LogP) is 2.95. The molecule has 0 atom stereocenters. The van der Waals surface area contributed by atoms with Gasteiger partial charge in [0.05, 0.1) is 6.10 Å². The molecule has 1 heterocycles. The van der Waals surface area contributed by atoms with Crippen LogP contribution in [-0.4, -0.2) is 43.2 Å². The smallest absolute Gasteiger partial charge is 0.253 e. The van der Waals surface area contributed by atoms with E-state index in [0.717, 1.165) is 44.5 Å². The van der Waals surface area contributed by atoms with E-state index < -0.39 is 0 Å². The van der Waals surface area contributed by atoms with Crippen LogP contribution in [0.3, 0.4) is 0 Å². The maximum absolute atomic E-state index is 12.6. The number of nitrogens with zero attached hydrogens (tertiary/aromatic N) is 1. The summed E-state index contributed by atoms with van der Waals surface area (Å²) < 4.78 is 5.79. The molecule has 1 fully saturated rings. The van der Waals surface area contributed by atoms with Crippen molar-refractivity contribution in [3.8, 4) is 0 Å². The van der Waals surface area contributed by atoms with Crippen molar-refractivity contribution in [3.05, 3.63) is 35.4 Å². The van der Waals surface area contributed by atoms with E-state index in [2.05, 4.69) is 32.9 Å². The Labute approximate surface area is 140 Å². The van der Waals surface area contributed by atoms with E-state index in [1.807, 2.05) is 17.0 Å². The highest BCUT2D eigenvalue weighted by molar-refractivity contribution is 5.94. The lowest BCUT2D eigenvalue weighted by Gasteiger charge is -2.32. The molecule has 1 amide bonds. The van der Waals surface area contributed by atoms with Crippen molar-refractivity contribution in [3.63, 3.8) is 0 Å². The first-order valence-electron chi connectivity index (χ1n) is 8.63. The topological polar surface area (TPSA) is 55.6 Å². The number of carbonyl (C=O) groups is 1. The Morgan fingerprint density at radius 2 is 1.83 bits per heavy atom. The van der Waals surface area contributed by atoms with Crippen LogP contribution in [0, 0.1) is 0 Å². The van der Waals surface area contributed by atoms with Gasteiger partial charge < -0.3 is 15.4 Å². The van der Waals surface area contributed by atoms with E-state index in [4.69, 9.17) is 10.5 Å². The SMILES string of the molecule is CC(C)(C)c1ccc(C(=O)N2CCC(OCCCN)CC2)cc1. The molecule has 4 nitrogen and oxygen atoms in total. The summed E-state index contributed by atoms with van der Waals surface area (Å²) in [5.74, 6) is 0.130. The van der Waals surface area contributed by atoms with Crippen LogP contribution in [0.2, 0.25) is 0 Å². The molecule has 1 aliphatic heterocycles. The fourth-order valence-corrected chi connectivity index (χ4v) is 2.85. The average Bonchev–Trinajstić information content (AvgIpc) is 2.54. The fraction of sp³-hybridized carbons (Fsp3) is 0.632. The normalized spacial score (nSPS) is 16.6. The molecule has 0 aromatic heterocycles. The Kier molecular flexibility index (Phi) is 6.19. The molecule has 0 bridgehead atoms. The minimum Gasteiger partial charge on any atom is -0.378 e.